The summed E-state index contributed by atoms with van der Waals surface area (Å²) in [6, 6.07) is 3.14. The van der Waals surface area contributed by atoms with E-state index < -0.39 is 23.0 Å². The maximum atomic E-state index is 12.2. The van der Waals surface area contributed by atoms with Crippen molar-refractivity contribution >= 4 is 17.3 Å². The first-order chi connectivity index (χ1) is 10.4. The lowest BCUT2D eigenvalue weighted by atomic mass is 9.98. The summed E-state index contributed by atoms with van der Waals surface area (Å²) in [4.78, 5) is 24.8. The molecule has 0 radical (unpaired) electrons. The van der Waals surface area contributed by atoms with E-state index in [4.69, 9.17) is 4.74 Å². The first kappa shape index (κ1) is 16.9. The summed E-state index contributed by atoms with van der Waals surface area (Å²) in [6.45, 7) is 1.18. The van der Waals surface area contributed by atoms with Gasteiger partial charge in [-0.1, -0.05) is 6.07 Å². The van der Waals surface area contributed by atoms with E-state index in [1.165, 1.54) is 6.07 Å². The molecule has 2 heterocycles. The van der Waals surface area contributed by atoms with Gasteiger partial charge in [0.15, 0.2) is 0 Å². The quantitative estimate of drug-likeness (QED) is 0.477. The number of aliphatic hydroxyl groups is 1. The second kappa shape index (κ2) is 7.17. The van der Waals surface area contributed by atoms with Crippen molar-refractivity contribution in [1.29, 1.82) is 0 Å². The topological polar surface area (TPSA) is 92.9 Å². The molecule has 1 atom stereocenters. The van der Waals surface area contributed by atoms with Crippen LogP contribution in [-0.2, 0) is 15.1 Å². The predicted molar refractivity (Wildman–Crippen MR) is 81.3 cm³/mol. The van der Waals surface area contributed by atoms with Gasteiger partial charge in [0.05, 0.1) is 11.5 Å². The van der Waals surface area contributed by atoms with E-state index in [-0.39, 0.29) is 17.4 Å². The van der Waals surface area contributed by atoms with Crippen LogP contribution in [0.25, 0.3) is 0 Å². The lowest BCUT2D eigenvalue weighted by Gasteiger charge is -2.29. The molecule has 0 aromatic carbocycles. The number of nitro groups is 1. The molecule has 0 saturated carbocycles. The van der Waals surface area contributed by atoms with Crippen molar-refractivity contribution < 1.29 is 19.6 Å². The minimum atomic E-state index is -2.21. The van der Waals surface area contributed by atoms with Gasteiger partial charge in [-0.15, -0.1) is 11.3 Å². The van der Waals surface area contributed by atoms with Crippen LogP contribution >= 0.6 is 11.3 Å². The molecule has 0 bridgehead atoms. The fourth-order valence-corrected chi connectivity index (χ4v) is 3.29. The Bertz CT molecular complexity index is 513. The molecule has 7 nitrogen and oxygen atoms in total. The molecule has 1 aromatic rings. The van der Waals surface area contributed by atoms with Crippen LogP contribution in [0.2, 0.25) is 0 Å². The average Bonchev–Trinajstić information content (AvgIpc) is 3.00. The van der Waals surface area contributed by atoms with Crippen LogP contribution in [0.15, 0.2) is 17.5 Å². The molecule has 0 spiro atoms. The Kier molecular flexibility index (Phi) is 5.49. The second-order valence-corrected chi connectivity index (χ2v) is 6.62. The molecule has 1 N–H and O–H groups in total. The molecule has 0 amide bonds. The molecular weight excluding hydrogens is 308 g/mol. The van der Waals surface area contributed by atoms with Crippen molar-refractivity contribution in [2.24, 2.45) is 5.92 Å². The van der Waals surface area contributed by atoms with Gasteiger partial charge in [-0.2, -0.15) is 0 Å². The number of esters is 1. The van der Waals surface area contributed by atoms with Crippen LogP contribution in [0, 0.1) is 16.0 Å². The average molecular weight is 328 g/mol. The van der Waals surface area contributed by atoms with Gasteiger partial charge in [-0.05, 0) is 50.3 Å². The highest BCUT2D eigenvalue weighted by atomic mass is 32.1. The van der Waals surface area contributed by atoms with Gasteiger partial charge in [-0.3, -0.25) is 10.1 Å². The van der Waals surface area contributed by atoms with Gasteiger partial charge in [0.2, 0.25) is 6.54 Å². The first-order valence-electron chi connectivity index (χ1n) is 7.16. The highest BCUT2D eigenvalue weighted by molar-refractivity contribution is 7.10. The number of rotatable bonds is 6. The SMILES string of the molecule is CN1CCC(COC(=O)C(O)(C[N+](=O)[O-])c2cccs2)CC1. The second-order valence-electron chi connectivity index (χ2n) is 5.67. The highest BCUT2D eigenvalue weighted by Gasteiger charge is 2.46. The number of hydrogen-bond donors (Lipinski definition) is 1. The molecule has 1 fully saturated rings. The van der Waals surface area contributed by atoms with Gasteiger partial charge in [0, 0.05) is 4.92 Å². The Balaban J connectivity index is 1.99. The molecule has 122 valence electrons. The third-order valence-electron chi connectivity index (χ3n) is 3.91. The summed E-state index contributed by atoms with van der Waals surface area (Å²) in [5.74, 6) is -0.700. The molecule has 2 rings (SSSR count). The van der Waals surface area contributed by atoms with Crippen LogP contribution in [0.4, 0.5) is 0 Å². The summed E-state index contributed by atoms with van der Waals surface area (Å²) in [5, 5.41) is 22.9. The van der Waals surface area contributed by atoms with Gasteiger partial charge in [-0.25, -0.2) is 4.79 Å². The fraction of sp³-hybridized carbons (Fsp3) is 0.643. The molecule has 0 aliphatic carbocycles. The fourth-order valence-electron chi connectivity index (χ4n) is 2.49. The van der Waals surface area contributed by atoms with E-state index in [9.17, 15) is 20.0 Å². The zero-order chi connectivity index (χ0) is 16.2. The van der Waals surface area contributed by atoms with E-state index in [2.05, 4.69) is 4.90 Å². The van der Waals surface area contributed by atoms with Crippen LogP contribution in [0.3, 0.4) is 0 Å². The van der Waals surface area contributed by atoms with Crippen LogP contribution in [-0.4, -0.2) is 54.2 Å². The summed E-state index contributed by atoms with van der Waals surface area (Å²) < 4.78 is 5.20. The summed E-state index contributed by atoms with van der Waals surface area (Å²) in [5.41, 5.74) is -2.21. The Morgan fingerprint density at radius 2 is 2.27 bits per heavy atom. The normalized spacial score (nSPS) is 19.5. The maximum absolute atomic E-state index is 12.2. The number of thiophene rings is 1. The molecule has 1 aliphatic heterocycles. The number of hydrogen-bond acceptors (Lipinski definition) is 7. The smallest absolute Gasteiger partial charge is 0.350 e. The van der Waals surface area contributed by atoms with Gasteiger partial charge < -0.3 is 14.7 Å². The van der Waals surface area contributed by atoms with Crippen molar-refractivity contribution in [3.8, 4) is 0 Å². The molecule has 1 unspecified atom stereocenters. The van der Waals surface area contributed by atoms with E-state index in [0.717, 1.165) is 37.3 Å². The van der Waals surface area contributed by atoms with Gasteiger partial charge in [0.1, 0.15) is 0 Å². The minimum absolute atomic E-state index is 0.193. The van der Waals surface area contributed by atoms with Crippen LogP contribution < -0.4 is 0 Å². The van der Waals surface area contributed by atoms with Crippen molar-refractivity contribution in [1.82, 2.24) is 4.90 Å². The van der Waals surface area contributed by atoms with Crippen molar-refractivity contribution in [3.63, 3.8) is 0 Å². The zero-order valence-electron chi connectivity index (χ0n) is 12.4. The van der Waals surface area contributed by atoms with E-state index in [1.54, 1.807) is 11.4 Å². The molecule has 1 aliphatic rings. The molecule has 8 heteroatoms. The molecule has 22 heavy (non-hydrogen) atoms. The number of carbonyl (C=O) groups is 1. The standard InChI is InChI=1S/C14H20N2O5S/c1-15-6-4-11(5-7-15)9-21-13(17)14(18,10-16(19)20)12-3-2-8-22-12/h2-3,8,11,18H,4-7,9-10H2,1H3. The lowest BCUT2D eigenvalue weighted by Crippen LogP contribution is -2.44. The molecule has 1 saturated heterocycles. The summed E-state index contributed by atoms with van der Waals surface area (Å²) in [7, 11) is 2.04. The summed E-state index contributed by atoms with van der Waals surface area (Å²) in [6.07, 6.45) is 1.83. The Labute approximate surface area is 132 Å². The Morgan fingerprint density at radius 3 is 2.82 bits per heavy atom. The van der Waals surface area contributed by atoms with Crippen molar-refractivity contribution in [2.45, 2.75) is 18.4 Å². The van der Waals surface area contributed by atoms with Crippen molar-refractivity contribution in [2.75, 3.05) is 33.3 Å². The lowest BCUT2D eigenvalue weighted by molar-refractivity contribution is -0.499. The maximum Gasteiger partial charge on any atom is 0.350 e. The van der Waals surface area contributed by atoms with Crippen LogP contribution in [0.5, 0.6) is 0 Å². The van der Waals surface area contributed by atoms with E-state index >= 15 is 0 Å². The number of carbonyl (C=O) groups excluding carboxylic acids is 1. The van der Waals surface area contributed by atoms with Crippen LogP contribution in [0.1, 0.15) is 17.7 Å². The highest BCUT2D eigenvalue weighted by Crippen LogP contribution is 2.28. The third-order valence-corrected chi connectivity index (χ3v) is 4.93. The largest absolute Gasteiger partial charge is 0.463 e. The monoisotopic (exact) mass is 328 g/mol. The predicted octanol–water partition coefficient (Wildman–Crippen LogP) is 1.10. The third kappa shape index (κ3) is 4.02. The minimum Gasteiger partial charge on any atom is -0.463 e. The number of likely N-dealkylation sites (tertiary alicyclic amines) is 1. The van der Waals surface area contributed by atoms with E-state index in [0.29, 0.717) is 0 Å². The molecular formula is C14H20N2O5S. The zero-order valence-corrected chi connectivity index (χ0v) is 13.3. The Hall–Kier alpha value is -1.51. The Morgan fingerprint density at radius 1 is 1.59 bits per heavy atom. The molecule has 1 aromatic heterocycles. The summed E-state index contributed by atoms with van der Waals surface area (Å²) >= 11 is 1.10. The first-order valence-corrected chi connectivity index (χ1v) is 8.03. The number of piperidine rings is 1. The van der Waals surface area contributed by atoms with Gasteiger partial charge in [0.25, 0.3) is 5.60 Å². The van der Waals surface area contributed by atoms with Gasteiger partial charge >= 0.3 is 5.97 Å². The van der Waals surface area contributed by atoms with E-state index in [1.807, 2.05) is 7.05 Å². The number of ether oxygens (including phenoxy) is 1. The number of nitrogens with zero attached hydrogens (tertiary/aromatic N) is 2. The van der Waals surface area contributed by atoms with Crippen molar-refractivity contribution in [3.05, 3.63) is 32.5 Å².